The predicted octanol–water partition coefficient (Wildman–Crippen LogP) is 3.38. The first kappa shape index (κ1) is 17.3. The van der Waals surface area contributed by atoms with E-state index < -0.39 is 0 Å². The Morgan fingerprint density at radius 3 is 2.56 bits per heavy atom. The second-order valence-electron chi connectivity index (χ2n) is 5.73. The first-order chi connectivity index (χ1) is 12.2. The number of aromatic nitrogens is 4. The number of hydrogen-bond acceptors (Lipinski definition) is 4. The average molecular weight is 355 g/mol. The van der Waals surface area contributed by atoms with E-state index in [9.17, 15) is 4.79 Å². The minimum atomic E-state index is -0.0621. The van der Waals surface area contributed by atoms with Crippen molar-refractivity contribution in [2.75, 3.05) is 11.1 Å². The van der Waals surface area contributed by atoms with Gasteiger partial charge in [-0.2, -0.15) is 0 Å². The summed E-state index contributed by atoms with van der Waals surface area (Å²) >= 11 is 1.38. The van der Waals surface area contributed by atoms with E-state index >= 15 is 0 Å². The Labute approximate surface area is 151 Å². The van der Waals surface area contributed by atoms with Crippen LogP contribution < -0.4 is 5.32 Å². The summed E-state index contributed by atoms with van der Waals surface area (Å²) in [6.45, 7) is 4.12. The molecular weight excluding hydrogens is 334 g/mol. The van der Waals surface area contributed by atoms with Crippen LogP contribution in [-0.2, 0) is 11.2 Å². The molecule has 0 aliphatic carbocycles. The summed E-state index contributed by atoms with van der Waals surface area (Å²) in [4.78, 5) is 12.2. The van der Waals surface area contributed by atoms with Crippen molar-refractivity contribution in [1.29, 1.82) is 0 Å². The molecule has 1 aromatic carbocycles. The van der Waals surface area contributed by atoms with Crippen LogP contribution in [0.3, 0.4) is 0 Å². The highest BCUT2D eigenvalue weighted by Crippen LogP contribution is 2.19. The van der Waals surface area contributed by atoms with Crippen molar-refractivity contribution < 1.29 is 4.79 Å². The second kappa shape index (κ2) is 8.02. The van der Waals surface area contributed by atoms with Gasteiger partial charge in [-0.05, 0) is 37.6 Å². The lowest BCUT2D eigenvalue weighted by molar-refractivity contribution is -0.113. The Kier molecular flexibility index (Phi) is 5.55. The van der Waals surface area contributed by atoms with Gasteiger partial charge >= 0.3 is 0 Å². The zero-order valence-electron chi connectivity index (χ0n) is 14.3. The van der Waals surface area contributed by atoms with Gasteiger partial charge in [0.05, 0.1) is 5.75 Å². The summed E-state index contributed by atoms with van der Waals surface area (Å²) in [6, 6.07) is 11.7. The minimum absolute atomic E-state index is 0.0621. The molecule has 3 rings (SSSR count). The average Bonchev–Trinajstić information content (AvgIpc) is 3.25. The summed E-state index contributed by atoms with van der Waals surface area (Å²) in [7, 11) is 0. The van der Waals surface area contributed by atoms with E-state index in [1.165, 1.54) is 11.8 Å². The van der Waals surface area contributed by atoms with Crippen LogP contribution in [0.2, 0.25) is 0 Å². The third-order valence-corrected chi connectivity index (χ3v) is 4.56. The number of rotatable bonds is 7. The molecule has 1 amide bonds. The van der Waals surface area contributed by atoms with Crippen LogP contribution >= 0.6 is 11.8 Å². The van der Waals surface area contributed by atoms with Crippen molar-refractivity contribution in [1.82, 2.24) is 19.5 Å². The normalized spacial score (nSPS) is 10.8. The van der Waals surface area contributed by atoms with Crippen molar-refractivity contribution in [2.24, 2.45) is 0 Å². The molecule has 0 bridgehead atoms. The van der Waals surface area contributed by atoms with Crippen LogP contribution in [0.5, 0.6) is 0 Å². The number of carbonyl (C=O) groups excluding carboxylic acids is 1. The molecule has 130 valence electrons. The lowest BCUT2D eigenvalue weighted by atomic mass is 10.2. The van der Waals surface area contributed by atoms with Gasteiger partial charge in [-0.15, -0.1) is 10.2 Å². The van der Waals surface area contributed by atoms with Crippen molar-refractivity contribution in [3.05, 3.63) is 60.2 Å². The number of amides is 1. The Bertz CT molecular complexity index is 824. The van der Waals surface area contributed by atoms with E-state index in [0.29, 0.717) is 5.16 Å². The molecule has 0 unspecified atom stereocenters. The van der Waals surface area contributed by atoms with Gasteiger partial charge in [0, 0.05) is 24.5 Å². The Balaban J connectivity index is 1.68. The van der Waals surface area contributed by atoms with E-state index in [4.69, 9.17) is 0 Å². The quantitative estimate of drug-likeness (QED) is 0.660. The Hall–Kier alpha value is -2.54. The number of thioether (sulfide) groups is 1. The van der Waals surface area contributed by atoms with Crippen molar-refractivity contribution >= 4 is 23.4 Å². The summed E-state index contributed by atoms with van der Waals surface area (Å²) in [6.07, 6.45) is 5.71. The molecule has 2 heterocycles. The van der Waals surface area contributed by atoms with Crippen LogP contribution in [0.1, 0.15) is 24.7 Å². The van der Waals surface area contributed by atoms with Crippen molar-refractivity contribution in [2.45, 2.75) is 31.8 Å². The Morgan fingerprint density at radius 1 is 1.16 bits per heavy atom. The lowest BCUT2D eigenvalue weighted by Crippen LogP contribution is -2.16. The molecule has 0 saturated carbocycles. The molecular formula is C18H21N5OS. The fourth-order valence-corrected chi connectivity index (χ4v) is 3.17. The van der Waals surface area contributed by atoms with Crippen molar-refractivity contribution in [3.63, 3.8) is 0 Å². The van der Waals surface area contributed by atoms with Gasteiger partial charge in [0.2, 0.25) is 11.1 Å². The van der Waals surface area contributed by atoms with E-state index in [1.54, 1.807) is 0 Å². The van der Waals surface area contributed by atoms with Gasteiger partial charge in [0.15, 0.2) is 5.82 Å². The second-order valence-corrected chi connectivity index (χ2v) is 6.67. The van der Waals surface area contributed by atoms with E-state index in [-0.39, 0.29) is 11.7 Å². The number of nitrogens with zero attached hydrogens (tertiary/aromatic N) is 4. The fraction of sp³-hybridized carbons (Fsp3) is 0.278. The molecule has 2 aromatic heterocycles. The largest absolute Gasteiger partial charge is 0.325 e. The SMILES string of the molecule is CCCc1nnc(SCC(=O)Nc2ccc(C)cc2)n1-n1cccc1. The summed E-state index contributed by atoms with van der Waals surface area (Å²) in [5.41, 5.74) is 1.96. The molecule has 0 fully saturated rings. The van der Waals surface area contributed by atoms with Crippen LogP contribution in [0.15, 0.2) is 53.9 Å². The highest BCUT2D eigenvalue weighted by molar-refractivity contribution is 7.99. The van der Waals surface area contributed by atoms with Gasteiger partial charge in [-0.1, -0.05) is 36.4 Å². The highest BCUT2D eigenvalue weighted by atomic mass is 32.2. The molecule has 0 spiro atoms. The number of nitrogens with one attached hydrogen (secondary N) is 1. The number of aryl methyl sites for hydroxylation is 2. The number of carbonyl (C=O) groups is 1. The summed E-state index contributed by atoms with van der Waals surface area (Å²) in [5.74, 6) is 1.10. The molecule has 0 atom stereocenters. The molecule has 7 heteroatoms. The zero-order chi connectivity index (χ0) is 17.6. The monoisotopic (exact) mass is 355 g/mol. The third-order valence-electron chi connectivity index (χ3n) is 3.64. The number of benzene rings is 1. The topological polar surface area (TPSA) is 64.7 Å². The third kappa shape index (κ3) is 4.30. The van der Waals surface area contributed by atoms with Crippen molar-refractivity contribution in [3.8, 4) is 0 Å². The maximum absolute atomic E-state index is 12.2. The Morgan fingerprint density at radius 2 is 1.88 bits per heavy atom. The molecule has 0 radical (unpaired) electrons. The minimum Gasteiger partial charge on any atom is -0.325 e. The maximum Gasteiger partial charge on any atom is 0.234 e. The molecule has 0 saturated heterocycles. The molecule has 6 nitrogen and oxygen atoms in total. The number of hydrogen-bond donors (Lipinski definition) is 1. The highest BCUT2D eigenvalue weighted by Gasteiger charge is 2.15. The summed E-state index contributed by atoms with van der Waals surface area (Å²) < 4.78 is 3.89. The van der Waals surface area contributed by atoms with E-state index in [1.807, 2.05) is 65.1 Å². The fourth-order valence-electron chi connectivity index (χ4n) is 2.42. The number of anilines is 1. The molecule has 3 aromatic rings. The molecule has 0 aliphatic rings. The lowest BCUT2D eigenvalue weighted by Gasteiger charge is -2.10. The van der Waals surface area contributed by atoms with Crippen LogP contribution in [0.4, 0.5) is 5.69 Å². The van der Waals surface area contributed by atoms with Crippen LogP contribution in [0, 0.1) is 6.92 Å². The zero-order valence-corrected chi connectivity index (χ0v) is 15.2. The van der Waals surface area contributed by atoms with E-state index in [2.05, 4.69) is 22.4 Å². The van der Waals surface area contributed by atoms with Gasteiger partial charge in [-0.25, -0.2) is 4.68 Å². The smallest absolute Gasteiger partial charge is 0.234 e. The first-order valence-corrected chi connectivity index (χ1v) is 9.23. The molecule has 0 aliphatic heterocycles. The molecule has 25 heavy (non-hydrogen) atoms. The van der Waals surface area contributed by atoms with E-state index in [0.717, 1.165) is 29.9 Å². The first-order valence-electron chi connectivity index (χ1n) is 8.24. The van der Waals surface area contributed by atoms with Gasteiger partial charge < -0.3 is 5.32 Å². The van der Waals surface area contributed by atoms with Gasteiger partial charge in [0.25, 0.3) is 0 Å². The van der Waals surface area contributed by atoms with Crippen LogP contribution in [0.25, 0.3) is 0 Å². The van der Waals surface area contributed by atoms with Gasteiger partial charge in [-0.3, -0.25) is 9.47 Å². The van der Waals surface area contributed by atoms with Crippen LogP contribution in [-0.4, -0.2) is 31.2 Å². The standard InChI is InChI=1S/C18H21N5OS/c1-3-6-16-20-21-18(23(16)22-11-4-5-12-22)25-13-17(24)19-15-9-7-14(2)8-10-15/h4-5,7-12H,3,6,13H2,1-2H3,(H,19,24). The maximum atomic E-state index is 12.2. The summed E-state index contributed by atoms with van der Waals surface area (Å²) in [5, 5.41) is 12.1. The molecule has 1 N–H and O–H groups in total. The predicted molar refractivity (Wildman–Crippen MR) is 99.8 cm³/mol. The van der Waals surface area contributed by atoms with Gasteiger partial charge in [0.1, 0.15) is 0 Å².